The summed E-state index contributed by atoms with van der Waals surface area (Å²) in [6.45, 7) is 6.49. The normalized spacial score (nSPS) is 12.0. The van der Waals surface area contributed by atoms with Crippen molar-refractivity contribution in [2.24, 2.45) is 5.92 Å². The molecule has 2 rings (SSSR count). The Morgan fingerprint density at radius 2 is 1.69 bits per heavy atom. The van der Waals surface area contributed by atoms with Crippen LogP contribution in [0.5, 0.6) is 0 Å². The maximum Gasteiger partial charge on any atom is 0.242 e. The Hall–Kier alpha value is -1.75. The van der Waals surface area contributed by atoms with Crippen molar-refractivity contribution in [2.45, 2.75) is 39.8 Å². The largest absolute Gasteiger partial charge is 0.354 e. The number of nitrogens with one attached hydrogen (secondary N) is 1. The molecule has 1 N–H and O–H groups in total. The molecule has 156 valence electrons. The summed E-state index contributed by atoms with van der Waals surface area (Å²) >= 11 is 18.3. The van der Waals surface area contributed by atoms with Crippen LogP contribution in [0.1, 0.15) is 31.9 Å². The van der Waals surface area contributed by atoms with E-state index in [0.29, 0.717) is 27.5 Å². The molecule has 29 heavy (non-hydrogen) atoms. The van der Waals surface area contributed by atoms with Gasteiger partial charge in [0.2, 0.25) is 11.8 Å². The summed E-state index contributed by atoms with van der Waals surface area (Å²) < 4.78 is 0. The minimum Gasteiger partial charge on any atom is -0.354 e. The molecule has 1 atom stereocenters. The zero-order valence-corrected chi connectivity index (χ0v) is 19.0. The first-order valence-corrected chi connectivity index (χ1v) is 10.6. The van der Waals surface area contributed by atoms with Crippen LogP contribution in [-0.4, -0.2) is 29.3 Å². The van der Waals surface area contributed by atoms with Crippen LogP contribution in [0.4, 0.5) is 0 Å². The Morgan fingerprint density at radius 1 is 1.00 bits per heavy atom. The molecule has 7 heteroatoms. The van der Waals surface area contributed by atoms with E-state index in [4.69, 9.17) is 34.8 Å². The first-order valence-electron chi connectivity index (χ1n) is 9.43. The van der Waals surface area contributed by atoms with Crippen molar-refractivity contribution in [3.8, 4) is 0 Å². The topological polar surface area (TPSA) is 49.4 Å². The molecule has 2 aromatic carbocycles. The number of halogens is 3. The SMILES string of the molecule is CC(C)CNC(=O)C(C)N(Cc1ccc(Cl)cc1Cl)C(=O)Cc1cccc(Cl)c1. The van der Waals surface area contributed by atoms with Gasteiger partial charge in [-0.3, -0.25) is 9.59 Å². The van der Waals surface area contributed by atoms with Crippen LogP contribution in [0.15, 0.2) is 42.5 Å². The molecule has 2 aromatic rings. The molecule has 2 amide bonds. The van der Waals surface area contributed by atoms with Gasteiger partial charge in [-0.2, -0.15) is 0 Å². The Bertz CT molecular complexity index is 871. The second kappa shape index (κ2) is 10.9. The minimum atomic E-state index is -0.660. The third kappa shape index (κ3) is 7.22. The maximum atomic E-state index is 13.1. The molecule has 0 saturated heterocycles. The Morgan fingerprint density at radius 3 is 2.31 bits per heavy atom. The lowest BCUT2D eigenvalue weighted by Crippen LogP contribution is -2.48. The van der Waals surface area contributed by atoms with Crippen LogP contribution in [-0.2, 0) is 22.6 Å². The predicted molar refractivity (Wildman–Crippen MR) is 119 cm³/mol. The molecular weight excluding hydrogens is 431 g/mol. The highest BCUT2D eigenvalue weighted by Crippen LogP contribution is 2.24. The molecule has 0 radical (unpaired) electrons. The lowest BCUT2D eigenvalue weighted by molar-refractivity contribution is -0.140. The Labute approximate surface area is 187 Å². The van der Waals surface area contributed by atoms with E-state index in [0.717, 1.165) is 11.1 Å². The van der Waals surface area contributed by atoms with Gasteiger partial charge in [-0.05, 0) is 48.2 Å². The van der Waals surface area contributed by atoms with E-state index < -0.39 is 6.04 Å². The Balaban J connectivity index is 2.25. The second-order valence-corrected chi connectivity index (χ2v) is 8.66. The summed E-state index contributed by atoms with van der Waals surface area (Å²) in [6, 6.07) is 11.6. The average molecular weight is 456 g/mol. The van der Waals surface area contributed by atoms with Crippen molar-refractivity contribution in [3.05, 3.63) is 68.7 Å². The summed E-state index contributed by atoms with van der Waals surface area (Å²) in [7, 11) is 0. The van der Waals surface area contributed by atoms with E-state index in [2.05, 4.69) is 5.32 Å². The molecule has 0 aliphatic rings. The van der Waals surface area contributed by atoms with Crippen molar-refractivity contribution >= 4 is 46.6 Å². The van der Waals surface area contributed by atoms with Gasteiger partial charge < -0.3 is 10.2 Å². The van der Waals surface area contributed by atoms with Crippen molar-refractivity contribution < 1.29 is 9.59 Å². The standard InChI is InChI=1S/C22H25Cl3N2O2/c1-14(2)12-26-22(29)15(3)27(13-17-7-8-19(24)11-20(17)25)21(28)10-16-5-4-6-18(23)9-16/h4-9,11,14-15H,10,12-13H2,1-3H3,(H,26,29). The van der Waals surface area contributed by atoms with E-state index in [1.165, 1.54) is 4.90 Å². The fourth-order valence-electron chi connectivity index (χ4n) is 2.79. The zero-order chi connectivity index (χ0) is 21.6. The molecular formula is C22H25Cl3N2O2. The van der Waals surface area contributed by atoms with Crippen LogP contribution in [0.2, 0.25) is 15.1 Å². The van der Waals surface area contributed by atoms with Gasteiger partial charge in [0.05, 0.1) is 6.42 Å². The van der Waals surface area contributed by atoms with Crippen molar-refractivity contribution in [1.29, 1.82) is 0 Å². The molecule has 4 nitrogen and oxygen atoms in total. The summed E-state index contributed by atoms with van der Waals surface area (Å²) in [4.78, 5) is 27.3. The van der Waals surface area contributed by atoms with E-state index >= 15 is 0 Å². The van der Waals surface area contributed by atoms with Gasteiger partial charge >= 0.3 is 0 Å². The van der Waals surface area contributed by atoms with Gasteiger partial charge in [-0.1, -0.05) is 66.8 Å². The molecule has 0 aliphatic heterocycles. The highest BCUT2D eigenvalue weighted by atomic mass is 35.5. The van der Waals surface area contributed by atoms with E-state index in [9.17, 15) is 9.59 Å². The number of carbonyl (C=O) groups excluding carboxylic acids is 2. The fraction of sp³-hybridized carbons (Fsp3) is 0.364. The quantitative estimate of drug-likeness (QED) is 0.581. The van der Waals surface area contributed by atoms with Crippen molar-refractivity contribution in [3.63, 3.8) is 0 Å². The molecule has 0 fully saturated rings. The molecule has 0 heterocycles. The average Bonchev–Trinajstić information content (AvgIpc) is 2.64. The van der Waals surface area contributed by atoms with E-state index in [-0.39, 0.29) is 24.8 Å². The molecule has 0 bridgehead atoms. The predicted octanol–water partition coefficient (Wildman–Crippen LogP) is 5.38. The smallest absolute Gasteiger partial charge is 0.242 e. The van der Waals surface area contributed by atoms with Crippen molar-refractivity contribution in [1.82, 2.24) is 10.2 Å². The van der Waals surface area contributed by atoms with Gasteiger partial charge in [0.1, 0.15) is 6.04 Å². The summed E-state index contributed by atoms with van der Waals surface area (Å²) in [6.07, 6.45) is 0.133. The maximum absolute atomic E-state index is 13.1. The third-order valence-electron chi connectivity index (χ3n) is 4.45. The lowest BCUT2D eigenvalue weighted by atomic mass is 10.1. The summed E-state index contributed by atoms with van der Waals surface area (Å²) in [5.74, 6) is -0.0822. The summed E-state index contributed by atoms with van der Waals surface area (Å²) in [5, 5.41) is 4.42. The zero-order valence-electron chi connectivity index (χ0n) is 16.7. The van der Waals surface area contributed by atoms with Gasteiger partial charge in [-0.25, -0.2) is 0 Å². The number of nitrogens with zero attached hydrogens (tertiary/aromatic N) is 1. The molecule has 0 saturated carbocycles. The highest BCUT2D eigenvalue weighted by Gasteiger charge is 2.27. The number of carbonyl (C=O) groups is 2. The first kappa shape index (κ1) is 23.5. The van der Waals surface area contributed by atoms with Gasteiger partial charge in [-0.15, -0.1) is 0 Å². The number of hydrogen-bond donors (Lipinski definition) is 1. The highest BCUT2D eigenvalue weighted by molar-refractivity contribution is 6.35. The van der Waals surface area contributed by atoms with Gasteiger partial charge in [0, 0.05) is 28.2 Å². The van der Waals surface area contributed by atoms with Gasteiger partial charge in [0.15, 0.2) is 0 Å². The number of amides is 2. The van der Waals surface area contributed by atoms with Crippen LogP contribution in [0, 0.1) is 5.92 Å². The van der Waals surface area contributed by atoms with Crippen LogP contribution < -0.4 is 5.32 Å². The van der Waals surface area contributed by atoms with E-state index in [1.54, 1.807) is 43.3 Å². The second-order valence-electron chi connectivity index (χ2n) is 7.38. The molecule has 0 aromatic heterocycles. The molecule has 1 unspecified atom stereocenters. The van der Waals surface area contributed by atoms with Gasteiger partial charge in [0.25, 0.3) is 0 Å². The number of benzene rings is 2. The minimum absolute atomic E-state index is 0.133. The molecule has 0 spiro atoms. The third-order valence-corrected chi connectivity index (χ3v) is 5.27. The Kier molecular flexibility index (Phi) is 8.81. The van der Waals surface area contributed by atoms with E-state index in [1.807, 2.05) is 19.9 Å². The lowest BCUT2D eigenvalue weighted by Gasteiger charge is -2.29. The number of hydrogen-bond acceptors (Lipinski definition) is 2. The molecule has 0 aliphatic carbocycles. The van der Waals surface area contributed by atoms with Crippen LogP contribution in [0.25, 0.3) is 0 Å². The fourth-order valence-corrected chi connectivity index (χ4v) is 3.47. The summed E-state index contributed by atoms with van der Waals surface area (Å²) in [5.41, 5.74) is 1.50. The van der Waals surface area contributed by atoms with Crippen LogP contribution >= 0.6 is 34.8 Å². The monoisotopic (exact) mass is 454 g/mol. The number of rotatable bonds is 8. The first-order chi connectivity index (χ1) is 13.7. The van der Waals surface area contributed by atoms with Crippen molar-refractivity contribution in [2.75, 3.05) is 6.54 Å². The van der Waals surface area contributed by atoms with Crippen LogP contribution in [0.3, 0.4) is 0 Å².